The summed E-state index contributed by atoms with van der Waals surface area (Å²) in [5, 5.41) is 3.35. The van der Waals surface area contributed by atoms with Crippen LogP contribution in [0.1, 0.15) is 55.1 Å². The molecule has 0 radical (unpaired) electrons. The Bertz CT molecular complexity index is 442. The van der Waals surface area contributed by atoms with Crippen molar-refractivity contribution in [1.82, 2.24) is 9.97 Å². The molecule has 104 valence electrons. The van der Waals surface area contributed by atoms with E-state index in [0.29, 0.717) is 29.9 Å². The highest BCUT2D eigenvalue weighted by Crippen LogP contribution is 2.20. The average Bonchev–Trinajstić information content (AvgIpc) is 2.40. The Hall–Kier alpha value is -1.65. The van der Waals surface area contributed by atoms with E-state index in [9.17, 15) is 4.79 Å². The summed E-state index contributed by atoms with van der Waals surface area (Å²) in [6.45, 7) is 3.95. The van der Waals surface area contributed by atoms with Gasteiger partial charge in [-0.2, -0.15) is 0 Å². The molecule has 0 bridgehead atoms. The molecule has 0 saturated heterocycles. The first-order valence-electron chi connectivity index (χ1n) is 6.98. The fourth-order valence-corrected chi connectivity index (χ4v) is 2.38. The normalized spacial score (nSPS) is 16.1. The molecular formula is C14H21N3O2. The van der Waals surface area contributed by atoms with Crippen molar-refractivity contribution >= 4 is 11.9 Å². The highest BCUT2D eigenvalue weighted by molar-refractivity contribution is 5.90. The Morgan fingerprint density at radius 1 is 1.42 bits per heavy atom. The summed E-state index contributed by atoms with van der Waals surface area (Å²) >= 11 is 0. The van der Waals surface area contributed by atoms with Crippen LogP contribution in [0.4, 0.5) is 5.95 Å². The topological polar surface area (TPSA) is 64.1 Å². The minimum atomic E-state index is -0.357. The lowest BCUT2D eigenvalue weighted by atomic mass is 9.96. The number of esters is 1. The molecule has 1 heterocycles. The van der Waals surface area contributed by atoms with E-state index in [0.717, 1.165) is 0 Å². The smallest absolute Gasteiger partial charge is 0.341 e. The second-order valence-electron chi connectivity index (χ2n) is 4.89. The molecule has 1 aliphatic carbocycles. The van der Waals surface area contributed by atoms with Gasteiger partial charge in [-0.15, -0.1) is 0 Å². The minimum Gasteiger partial charge on any atom is -0.462 e. The van der Waals surface area contributed by atoms with Crippen molar-refractivity contribution in [3.63, 3.8) is 0 Å². The number of ether oxygens (including phenoxy) is 1. The maximum absolute atomic E-state index is 11.6. The lowest BCUT2D eigenvalue weighted by Gasteiger charge is -2.22. The van der Waals surface area contributed by atoms with Crippen LogP contribution >= 0.6 is 0 Å². The van der Waals surface area contributed by atoms with Crippen LogP contribution in [0.3, 0.4) is 0 Å². The molecule has 0 aromatic carbocycles. The number of aromatic nitrogens is 2. The van der Waals surface area contributed by atoms with Crippen molar-refractivity contribution in [2.45, 2.75) is 52.0 Å². The van der Waals surface area contributed by atoms with Crippen molar-refractivity contribution in [1.29, 1.82) is 0 Å². The first-order chi connectivity index (χ1) is 9.20. The number of nitrogens with one attached hydrogen (secondary N) is 1. The van der Waals surface area contributed by atoms with E-state index in [1.54, 1.807) is 20.0 Å². The predicted octanol–water partition coefficient (Wildman–Crippen LogP) is 2.71. The molecule has 2 rings (SSSR count). The van der Waals surface area contributed by atoms with E-state index in [1.165, 1.54) is 32.1 Å². The van der Waals surface area contributed by atoms with E-state index >= 15 is 0 Å². The van der Waals surface area contributed by atoms with Gasteiger partial charge in [0.2, 0.25) is 5.95 Å². The van der Waals surface area contributed by atoms with Gasteiger partial charge in [0.1, 0.15) is 0 Å². The molecule has 5 nitrogen and oxygen atoms in total. The lowest BCUT2D eigenvalue weighted by Crippen LogP contribution is -2.24. The van der Waals surface area contributed by atoms with Crippen molar-refractivity contribution in [2.75, 3.05) is 11.9 Å². The SMILES string of the molecule is CCOC(=O)c1cnc(NC2CCCCC2)nc1C. The van der Waals surface area contributed by atoms with E-state index in [4.69, 9.17) is 4.74 Å². The maximum Gasteiger partial charge on any atom is 0.341 e. The van der Waals surface area contributed by atoms with Gasteiger partial charge in [-0.3, -0.25) is 0 Å². The van der Waals surface area contributed by atoms with Crippen molar-refractivity contribution in [3.05, 3.63) is 17.5 Å². The van der Waals surface area contributed by atoms with Gasteiger partial charge in [0.05, 0.1) is 17.9 Å². The van der Waals surface area contributed by atoms with Crippen LogP contribution in [-0.2, 0) is 4.74 Å². The summed E-state index contributed by atoms with van der Waals surface area (Å²) in [4.78, 5) is 20.2. The van der Waals surface area contributed by atoms with Crippen molar-refractivity contribution in [2.24, 2.45) is 0 Å². The zero-order valence-corrected chi connectivity index (χ0v) is 11.6. The molecule has 0 aliphatic heterocycles. The van der Waals surface area contributed by atoms with Crippen LogP contribution < -0.4 is 5.32 Å². The summed E-state index contributed by atoms with van der Waals surface area (Å²) in [5.74, 6) is 0.252. The van der Waals surface area contributed by atoms with Gasteiger partial charge >= 0.3 is 5.97 Å². The van der Waals surface area contributed by atoms with E-state index < -0.39 is 0 Å². The monoisotopic (exact) mass is 263 g/mol. The molecule has 1 saturated carbocycles. The van der Waals surface area contributed by atoms with Gasteiger partial charge in [0.15, 0.2) is 0 Å². The molecule has 1 fully saturated rings. The van der Waals surface area contributed by atoms with Gasteiger partial charge in [-0.05, 0) is 26.7 Å². The number of hydrogen-bond donors (Lipinski definition) is 1. The lowest BCUT2D eigenvalue weighted by molar-refractivity contribution is 0.0524. The first-order valence-corrected chi connectivity index (χ1v) is 6.98. The zero-order valence-electron chi connectivity index (χ0n) is 11.6. The van der Waals surface area contributed by atoms with Crippen LogP contribution in [0, 0.1) is 6.92 Å². The Morgan fingerprint density at radius 2 is 2.16 bits per heavy atom. The van der Waals surface area contributed by atoms with Gasteiger partial charge in [-0.1, -0.05) is 19.3 Å². The second-order valence-corrected chi connectivity index (χ2v) is 4.89. The van der Waals surface area contributed by atoms with E-state index in [-0.39, 0.29) is 5.97 Å². The maximum atomic E-state index is 11.6. The number of nitrogens with zero attached hydrogens (tertiary/aromatic N) is 2. The van der Waals surface area contributed by atoms with Gasteiger partial charge in [0.25, 0.3) is 0 Å². The summed E-state index contributed by atoms with van der Waals surface area (Å²) in [6, 6.07) is 0.460. The number of carbonyl (C=O) groups excluding carboxylic acids is 1. The quantitative estimate of drug-likeness (QED) is 0.846. The Labute approximate surface area is 113 Å². The molecule has 19 heavy (non-hydrogen) atoms. The fourth-order valence-electron chi connectivity index (χ4n) is 2.38. The third-order valence-corrected chi connectivity index (χ3v) is 3.41. The molecule has 1 aromatic heterocycles. The number of rotatable bonds is 4. The Kier molecular flexibility index (Phi) is 4.71. The van der Waals surface area contributed by atoms with Crippen LogP contribution in [0.5, 0.6) is 0 Å². The summed E-state index contributed by atoms with van der Waals surface area (Å²) in [7, 11) is 0. The molecule has 0 atom stereocenters. The molecule has 1 aliphatic rings. The van der Waals surface area contributed by atoms with Crippen LogP contribution in [0.2, 0.25) is 0 Å². The largest absolute Gasteiger partial charge is 0.462 e. The number of aryl methyl sites for hydroxylation is 1. The highest BCUT2D eigenvalue weighted by Gasteiger charge is 2.16. The average molecular weight is 263 g/mol. The number of anilines is 1. The predicted molar refractivity (Wildman–Crippen MR) is 73.2 cm³/mol. The molecule has 0 amide bonds. The molecule has 1 N–H and O–H groups in total. The van der Waals surface area contributed by atoms with Crippen molar-refractivity contribution < 1.29 is 9.53 Å². The fraction of sp³-hybridized carbons (Fsp3) is 0.643. The molecule has 0 unspecified atom stereocenters. The molecule has 5 heteroatoms. The summed E-state index contributed by atoms with van der Waals surface area (Å²) < 4.78 is 4.96. The Balaban J connectivity index is 2.03. The number of carbonyl (C=O) groups is 1. The number of hydrogen-bond acceptors (Lipinski definition) is 5. The van der Waals surface area contributed by atoms with Gasteiger partial charge < -0.3 is 10.1 Å². The standard InChI is InChI=1S/C14H21N3O2/c1-3-19-13(18)12-9-15-14(16-10(12)2)17-11-7-5-4-6-8-11/h9,11H,3-8H2,1-2H3,(H,15,16,17). The second kappa shape index (κ2) is 6.50. The molecule has 1 aromatic rings. The van der Waals surface area contributed by atoms with Crippen molar-refractivity contribution in [3.8, 4) is 0 Å². The highest BCUT2D eigenvalue weighted by atomic mass is 16.5. The molecule has 0 spiro atoms. The molecular weight excluding hydrogens is 242 g/mol. The van der Waals surface area contributed by atoms with E-state index in [2.05, 4.69) is 15.3 Å². The van der Waals surface area contributed by atoms with Crippen LogP contribution in [0.25, 0.3) is 0 Å². The Morgan fingerprint density at radius 3 is 2.79 bits per heavy atom. The van der Waals surface area contributed by atoms with Crippen LogP contribution in [-0.4, -0.2) is 28.6 Å². The van der Waals surface area contributed by atoms with Gasteiger partial charge in [0, 0.05) is 12.2 Å². The summed E-state index contributed by atoms with van der Waals surface area (Å²) in [6.07, 6.45) is 7.73. The minimum absolute atomic E-state index is 0.357. The third-order valence-electron chi connectivity index (χ3n) is 3.41. The summed E-state index contributed by atoms with van der Waals surface area (Å²) in [5.41, 5.74) is 1.10. The van der Waals surface area contributed by atoms with Gasteiger partial charge in [-0.25, -0.2) is 14.8 Å². The van der Waals surface area contributed by atoms with E-state index in [1.807, 2.05) is 0 Å². The first kappa shape index (κ1) is 13.8. The third kappa shape index (κ3) is 3.66. The van der Waals surface area contributed by atoms with Crippen LogP contribution in [0.15, 0.2) is 6.20 Å². The zero-order chi connectivity index (χ0) is 13.7.